The molecule has 0 saturated carbocycles. The lowest BCUT2D eigenvalue weighted by molar-refractivity contribution is 0.270. The Kier molecular flexibility index (Phi) is 3.77. The van der Waals surface area contributed by atoms with Gasteiger partial charge in [-0.05, 0) is 18.8 Å². The van der Waals surface area contributed by atoms with Crippen LogP contribution in [0.25, 0.3) is 0 Å². The molecule has 2 rings (SSSR count). The van der Waals surface area contributed by atoms with Crippen molar-refractivity contribution in [2.75, 3.05) is 13.1 Å². The third-order valence-corrected chi connectivity index (χ3v) is 3.61. The van der Waals surface area contributed by atoms with Gasteiger partial charge < -0.3 is 10.6 Å². The average Bonchev–Trinajstić information content (AvgIpc) is 2.78. The molecule has 2 N–H and O–H groups in total. The number of hydrogen-bond donors (Lipinski definition) is 1. The molecule has 0 aliphatic carbocycles. The summed E-state index contributed by atoms with van der Waals surface area (Å²) >= 11 is 1.62. The first-order valence-electron chi connectivity index (χ1n) is 5.69. The number of guanidine groups is 1. The summed E-state index contributed by atoms with van der Waals surface area (Å²) < 4.78 is 0. The van der Waals surface area contributed by atoms with Gasteiger partial charge in [-0.2, -0.15) is 0 Å². The van der Waals surface area contributed by atoms with E-state index in [0.29, 0.717) is 12.5 Å². The highest BCUT2D eigenvalue weighted by Crippen LogP contribution is 2.15. The van der Waals surface area contributed by atoms with Gasteiger partial charge in [-0.15, -0.1) is 11.3 Å². The van der Waals surface area contributed by atoms with Crippen LogP contribution in [0, 0.1) is 5.92 Å². The van der Waals surface area contributed by atoms with Gasteiger partial charge in [0.1, 0.15) is 5.01 Å². The standard InChI is InChI=1S/C11H18N4S/c1-9-3-2-5-15(8-9)11(12)14-7-10-13-4-6-16-10/h4,6,9H,2-3,5,7-8H2,1H3,(H2,12,14). The molecule has 1 saturated heterocycles. The molecule has 1 atom stereocenters. The van der Waals surface area contributed by atoms with E-state index < -0.39 is 0 Å². The van der Waals surface area contributed by atoms with Gasteiger partial charge in [0.2, 0.25) is 0 Å². The summed E-state index contributed by atoms with van der Waals surface area (Å²) in [4.78, 5) is 10.8. The molecule has 1 aromatic rings. The van der Waals surface area contributed by atoms with Crippen LogP contribution in [0.5, 0.6) is 0 Å². The number of likely N-dealkylation sites (tertiary alicyclic amines) is 1. The quantitative estimate of drug-likeness (QED) is 0.630. The Bertz CT molecular complexity index is 347. The third kappa shape index (κ3) is 2.95. The molecule has 0 spiro atoms. The van der Waals surface area contributed by atoms with Crippen molar-refractivity contribution in [2.45, 2.75) is 26.3 Å². The van der Waals surface area contributed by atoms with E-state index in [2.05, 4.69) is 21.8 Å². The number of aromatic nitrogens is 1. The van der Waals surface area contributed by atoms with E-state index in [0.717, 1.165) is 24.0 Å². The molecule has 88 valence electrons. The van der Waals surface area contributed by atoms with Gasteiger partial charge in [0.05, 0.1) is 6.54 Å². The molecule has 1 aromatic heterocycles. The smallest absolute Gasteiger partial charge is 0.191 e. The molecule has 16 heavy (non-hydrogen) atoms. The lowest BCUT2D eigenvalue weighted by Gasteiger charge is -2.31. The van der Waals surface area contributed by atoms with Crippen LogP contribution in [0.15, 0.2) is 16.6 Å². The fourth-order valence-corrected chi connectivity index (χ4v) is 2.52. The molecule has 0 bridgehead atoms. The molecule has 4 nitrogen and oxygen atoms in total. The summed E-state index contributed by atoms with van der Waals surface area (Å²) in [5.41, 5.74) is 5.98. The van der Waals surface area contributed by atoms with E-state index in [1.54, 1.807) is 17.5 Å². The first-order valence-corrected chi connectivity index (χ1v) is 6.57. The summed E-state index contributed by atoms with van der Waals surface area (Å²) in [6, 6.07) is 0. The fraction of sp³-hybridized carbons (Fsp3) is 0.636. The lowest BCUT2D eigenvalue weighted by Crippen LogP contribution is -2.43. The molecule has 1 unspecified atom stereocenters. The Balaban J connectivity index is 1.90. The predicted molar refractivity (Wildman–Crippen MR) is 67.4 cm³/mol. The zero-order chi connectivity index (χ0) is 11.4. The number of rotatable bonds is 2. The highest BCUT2D eigenvalue weighted by Gasteiger charge is 2.17. The van der Waals surface area contributed by atoms with Crippen LogP contribution in [0.1, 0.15) is 24.8 Å². The second kappa shape index (κ2) is 5.30. The summed E-state index contributed by atoms with van der Waals surface area (Å²) in [7, 11) is 0. The Hall–Kier alpha value is -1.10. The van der Waals surface area contributed by atoms with E-state index in [4.69, 9.17) is 5.73 Å². The average molecular weight is 238 g/mol. The van der Waals surface area contributed by atoms with Crippen LogP contribution < -0.4 is 5.73 Å². The maximum atomic E-state index is 5.98. The van der Waals surface area contributed by atoms with Crippen molar-refractivity contribution in [1.29, 1.82) is 0 Å². The molecular formula is C11H18N4S. The Morgan fingerprint density at radius 3 is 3.31 bits per heavy atom. The van der Waals surface area contributed by atoms with E-state index in [1.807, 2.05) is 5.38 Å². The van der Waals surface area contributed by atoms with Crippen LogP contribution >= 0.6 is 11.3 Å². The lowest BCUT2D eigenvalue weighted by atomic mass is 10.0. The molecule has 0 aromatic carbocycles. The zero-order valence-electron chi connectivity index (χ0n) is 9.59. The molecular weight excluding hydrogens is 220 g/mol. The topological polar surface area (TPSA) is 54.5 Å². The van der Waals surface area contributed by atoms with E-state index >= 15 is 0 Å². The van der Waals surface area contributed by atoms with Crippen molar-refractivity contribution in [1.82, 2.24) is 9.88 Å². The van der Waals surface area contributed by atoms with Gasteiger partial charge in [0, 0.05) is 24.7 Å². The second-order valence-corrected chi connectivity index (χ2v) is 5.27. The number of nitrogens with zero attached hydrogens (tertiary/aromatic N) is 3. The van der Waals surface area contributed by atoms with Gasteiger partial charge in [0.25, 0.3) is 0 Å². The molecule has 0 amide bonds. The Labute approximate surface area is 100 Å². The summed E-state index contributed by atoms with van der Waals surface area (Å²) in [6.07, 6.45) is 4.32. The Morgan fingerprint density at radius 2 is 2.62 bits per heavy atom. The fourth-order valence-electron chi connectivity index (χ4n) is 1.98. The minimum Gasteiger partial charge on any atom is -0.370 e. The molecule has 1 aliphatic rings. The molecule has 2 heterocycles. The van der Waals surface area contributed by atoms with Crippen molar-refractivity contribution in [3.63, 3.8) is 0 Å². The number of thiazole rings is 1. The third-order valence-electron chi connectivity index (χ3n) is 2.84. The number of aliphatic imine (C=N–C) groups is 1. The Morgan fingerprint density at radius 1 is 1.75 bits per heavy atom. The van der Waals surface area contributed by atoms with Gasteiger partial charge in [-0.3, -0.25) is 0 Å². The highest BCUT2D eigenvalue weighted by atomic mass is 32.1. The van der Waals surface area contributed by atoms with Crippen molar-refractivity contribution < 1.29 is 0 Å². The number of piperidine rings is 1. The molecule has 5 heteroatoms. The highest BCUT2D eigenvalue weighted by molar-refractivity contribution is 7.09. The van der Waals surface area contributed by atoms with Gasteiger partial charge in [0.15, 0.2) is 5.96 Å². The van der Waals surface area contributed by atoms with Crippen LogP contribution in [0.4, 0.5) is 0 Å². The minimum absolute atomic E-state index is 0.606. The number of hydrogen-bond acceptors (Lipinski definition) is 3. The molecule has 1 fully saturated rings. The molecule has 0 radical (unpaired) electrons. The SMILES string of the molecule is CC1CCCN(C(N)=NCc2nccs2)C1. The minimum atomic E-state index is 0.606. The van der Waals surface area contributed by atoms with Crippen molar-refractivity contribution >= 4 is 17.3 Å². The first-order chi connectivity index (χ1) is 7.75. The maximum Gasteiger partial charge on any atom is 0.191 e. The van der Waals surface area contributed by atoms with Crippen LogP contribution in [-0.4, -0.2) is 28.9 Å². The summed E-state index contributed by atoms with van der Waals surface area (Å²) in [5.74, 6) is 1.39. The van der Waals surface area contributed by atoms with Crippen LogP contribution in [0.3, 0.4) is 0 Å². The second-order valence-electron chi connectivity index (χ2n) is 4.29. The monoisotopic (exact) mass is 238 g/mol. The van der Waals surface area contributed by atoms with Crippen molar-refractivity contribution in [3.8, 4) is 0 Å². The first kappa shape index (κ1) is 11.4. The van der Waals surface area contributed by atoms with Gasteiger partial charge >= 0.3 is 0 Å². The number of nitrogens with two attached hydrogens (primary N) is 1. The predicted octanol–water partition coefficient (Wildman–Crippen LogP) is 1.69. The van der Waals surface area contributed by atoms with E-state index in [9.17, 15) is 0 Å². The normalized spacial score (nSPS) is 22.4. The van der Waals surface area contributed by atoms with Crippen LogP contribution in [-0.2, 0) is 6.54 Å². The largest absolute Gasteiger partial charge is 0.370 e. The van der Waals surface area contributed by atoms with Gasteiger partial charge in [-0.1, -0.05) is 6.92 Å². The van der Waals surface area contributed by atoms with E-state index in [1.165, 1.54) is 12.8 Å². The summed E-state index contributed by atoms with van der Waals surface area (Å²) in [6.45, 7) is 4.94. The van der Waals surface area contributed by atoms with Crippen LogP contribution in [0.2, 0.25) is 0 Å². The van der Waals surface area contributed by atoms with E-state index in [-0.39, 0.29) is 0 Å². The summed E-state index contributed by atoms with van der Waals surface area (Å²) in [5, 5.41) is 2.98. The van der Waals surface area contributed by atoms with Crippen molar-refractivity contribution in [3.05, 3.63) is 16.6 Å². The van der Waals surface area contributed by atoms with Gasteiger partial charge in [-0.25, -0.2) is 9.98 Å². The van der Waals surface area contributed by atoms with Crippen molar-refractivity contribution in [2.24, 2.45) is 16.6 Å². The maximum absolute atomic E-state index is 5.98. The zero-order valence-corrected chi connectivity index (χ0v) is 10.4. The molecule has 1 aliphatic heterocycles.